The molecule has 82 valence electrons. The minimum Gasteiger partial charge on any atom is -0.392 e. The van der Waals surface area contributed by atoms with E-state index in [9.17, 15) is 0 Å². The predicted octanol–water partition coefficient (Wildman–Crippen LogP) is 2.10. The molecule has 0 amide bonds. The van der Waals surface area contributed by atoms with E-state index in [1.807, 2.05) is 14.0 Å². The first-order chi connectivity index (χ1) is 7.00. The second kappa shape index (κ2) is 5.24. The van der Waals surface area contributed by atoms with Crippen molar-refractivity contribution < 1.29 is 0 Å². The summed E-state index contributed by atoms with van der Waals surface area (Å²) in [4.78, 5) is 2.70. The Morgan fingerprint density at radius 1 is 1.53 bits per heavy atom. The summed E-state index contributed by atoms with van der Waals surface area (Å²) in [6.07, 6.45) is 0. The number of aryl methyl sites for hydroxylation is 1. The van der Waals surface area contributed by atoms with Crippen LogP contribution in [0.5, 0.6) is 0 Å². The van der Waals surface area contributed by atoms with Crippen LogP contribution in [0.25, 0.3) is 0 Å². The summed E-state index contributed by atoms with van der Waals surface area (Å²) in [5, 5.41) is 0. The average molecular weight is 222 g/mol. The fourth-order valence-electron chi connectivity index (χ4n) is 1.45. The Morgan fingerprint density at radius 3 is 2.73 bits per heavy atom. The summed E-state index contributed by atoms with van der Waals surface area (Å²) in [5.74, 6) is 0. The normalized spacial score (nSPS) is 12.8. The van der Waals surface area contributed by atoms with Crippen molar-refractivity contribution in [3.8, 4) is 0 Å². The van der Waals surface area contributed by atoms with Crippen LogP contribution in [-0.4, -0.2) is 23.0 Å². The summed E-state index contributed by atoms with van der Waals surface area (Å²) in [6, 6.07) is 8.61. The third-order valence-electron chi connectivity index (χ3n) is 2.59. The number of benzene rings is 1. The van der Waals surface area contributed by atoms with Gasteiger partial charge in [-0.15, -0.1) is 0 Å². The lowest BCUT2D eigenvalue weighted by molar-refractivity contribution is 0.304. The van der Waals surface area contributed by atoms with E-state index in [4.69, 9.17) is 18.0 Å². The van der Waals surface area contributed by atoms with Gasteiger partial charge in [0.15, 0.2) is 0 Å². The van der Waals surface area contributed by atoms with E-state index in [1.54, 1.807) is 0 Å². The molecule has 1 aromatic carbocycles. The van der Waals surface area contributed by atoms with Gasteiger partial charge in [-0.3, -0.25) is 4.90 Å². The lowest BCUT2D eigenvalue weighted by Gasteiger charge is -2.23. The monoisotopic (exact) mass is 222 g/mol. The number of nitrogens with zero attached hydrogens (tertiary/aromatic N) is 1. The van der Waals surface area contributed by atoms with E-state index in [-0.39, 0.29) is 6.04 Å². The molecule has 0 radical (unpaired) electrons. The lowest BCUT2D eigenvalue weighted by Crippen LogP contribution is -2.38. The average Bonchev–Trinajstić information content (AvgIpc) is 2.16. The molecule has 1 aromatic rings. The van der Waals surface area contributed by atoms with Gasteiger partial charge in [0.1, 0.15) is 0 Å². The Balaban J connectivity index is 2.66. The summed E-state index contributed by atoms with van der Waals surface area (Å²) in [6.45, 7) is 5.00. The molecule has 0 aliphatic heterocycles. The highest BCUT2D eigenvalue weighted by Crippen LogP contribution is 2.08. The second-order valence-electron chi connectivity index (χ2n) is 3.98. The Morgan fingerprint density at radius 2 is 2.20 bits per heavy atom. The highest BCUT2D eigenvalue weighted by molar-refractivity contribution is 7.80. The molecule has 0 bridgehead atoms. The highest BCUT2D eigenvalue weighted by Gasteiger charge is 2.11. The van der Waals surface area contributed by atoms with E-state index < -0.39 is 0 Å². The van der Waals surface area contributed by atoms with E-state index in [0.29, 0.717) is 4.99 Å². The van der Waals surface area contributed by atoms with Crippen LogP contribution in [0.2, 0.25) is 0 Å². The van der Waals surface area contributed by atoms with E-state index in [1.165, 1.54) is 11.1 Å². The van der Waals surface area contributed by atoms with Crippen molar-refractivity contribution >= 4 is 17.2 Å². The van der Waals surface area contributed by atoms with Crippen LogP contribution in [0, 0.1) is 6.92 Å². The van der Waals surface area contributed by atoms with Crippen molar-refractivity contribution in [1.29, 1.82) is 0 Å². The topological polar surface area (TPSA) is 29.3 Å². The maximum Gasteiger partial charge on any atom is 0.0899 e. The number of thiocarbonyl (C=S) groups is 1. The molecule has 0 saturated carbocycles. The highest BCUT2D eigenvalue weighted by atomic mass is 32.1. The first kappa shape index (κ1) is 12.1. The van der Waals surface area contributed by atoms with Gasteiger partial charge in [0.2, 0.25) is 0 Å². The minimum atomic E-state index is 0.139. The van der Waals surface area contributed by atoms with Gasteiger partial charge in [0, 0.05) is 6.54 Å². The smallest absolute Gasteiger partial charge is 0.0899 e. The molecular formula is C12H18N2S. The number of likely N-dealkylation sites (N-methyl/N-ethyl adjacent to an activating group) is 1. The maximum absolute atomic E-state index is 5.61. The van der Waals surface area contributed by atoms with Gasteiger partial charge in [0.05, 0.1) is 11.0 Å². The number of nitrogens with two attached hydrogens (primary N) is 1. The third kappa shape index (κ3) is 3.61. The molecule has 1 unspecified atom stereocenters. The predicted molar refractivity (Wildman–Crippen MR) is 68.9 cm³/mol. The van der Waals surface area contributed by atoms with Crippen molar-refractivity contribution in [2.45, 2.75) is 26.4 Å². The molecule has 1 rings (SSSR count). The minimum absolute atomic E-state index is 0.139. The summed E-state index contributed by atoms with van der Waals surface area (Å²) in [7, 11) is 2.03. The fourth-order valence-corrected chi connectivity index (χ4v) is 1.63. The van der Waals surface area contributed by atoms with Gasteiger partial charge in [-0.2, -0.15) is 0 Å². The van der Waals surface area contributed by atoms with Crippen LogP contribution in [0.1, 0.15) is 18.1 Å². The van der Waals surface area contributed by atoms with Crippen LogP contribution in [0.4, 0.5) is 0 Å². The van der Waals surface area contributed by atoms with Crippen molar-refractivity contribution in [3.05, 3.63) is 35.4 Å². The van der Waals surface area contributed by atoms with Gasteiger partial charge >= 0.3 is 0 Å². The zero-order chi connectivity index (χ0) is 11.4. The van der Waals surface area contributed by atoms with Crippen LogP contribution < -0.4 is 5.73 Å². The van der Waals surface area contributed by atoms with Gasteiger partial charge < -0.3 is 5.73 Å². The van der Waals surface area contributed by atoms with Gasteiger partial charge in [0.25, 0.3) is 0 Å². The van der Waals surface area contributed by atoms with Gasteiger partial charge in [-0.25, -0.2) is 0 Å². The Bertz CT molecular complexity index is 349. The molecule has 2 N–H and O–H groups in total. The Hall–Kier alpha value is -0.930. The van der Waals surface area contributed by atoms with Crippen molar-refractivity contribution in [3.63, 3.8) is 0 Å². The Kier molecular flexibility index (Phi) is 4.24. The molecule has 3 heteroatoms. The maximum atomic E-state index is 5.61. The molecule has 0 fully saturated rings. The summed E-state index contributed by atoms with van der Waals surface area (Å²) in [5.41, 5.74) is 8.18. The molecule has 0 spiro atoms. The van der Waals surface area contributed by atoms with Crippen molar-refractivity contribution in [1.82, 2.24) is 4.90 Å². The van der Waals surface area contributed by atoms with Crippen LogP contribution in [0.3, 0.4) is 0 Å². The zero-order valence-electron chi connectivity index (χ0n) is 9.53. The standard InChI is InChI=1S/C12H18N2S/c1-9-5-4-6-11(7-9)8-14(3)10(2)12(13)15/h4-7,10H,8H2,1-3H3,(H2,13,15). The molecule has 0 aliphatic rings. The molecular weight excluding hydrogens is 204 g/mol. The molecule has 0 aliphatic carbocycles. The third-order valence-corrected chi connectivity index (χ3v) is 2.93. The first-order valence-corrected chi connectivity index (χ1v) is 5.46. The summed E-state index contributed by atoms with van der Waals surface area (Å²) >= 11 is 4.97. The molecule has 2 nitrogen and oxygen atoms in total. The molecule has 0 aromatic heterocycles. The van der Waals surface area contributed by atoms with Gasteiger partial charge in [-0.05, 0) is 26.5 Å². The number of hydrogen-bond acceptors (Lipinski definition) is 2. The largest absolute Gasteiger partial charge is 0.392 e. The molecule has 0 heterocycles. The van der Waals surface area contributed by atoms with Crippen molar-refractivity contribution in [2.75, 3.05) is 7.05 Å². The zero-order valence-corrected chi connectivity index (χ0v) is 10.3. The lowest BCUT2D eigenvalue weighted by atomic mass is 10.1. The van der Waals surface area contributed by atoms with Gasteiger partial charge in [-0.1, -0.05) is 42.0 Å². The fraction of sp³-hybridized carbons (Fsp3) is 0.417. The van der Waals surface area contributed by atoms with E-state index >= 15 is 0 Å². The number of rotatable bonds is 4. The van der Waals surface area contributed by atoms with Crippen molar-refractivity contribution in [2.24, 2.45) is 5.73 Å². The van der Waals surface area contributed by atoms with Crippen LogP contribution in [-0.2, 0) is 6.54 Å². The Labute approximate surface area is 97.1 Å². The summed E-state index contributed by atoms with van der Waals surface area (Å²) < 4.78 is 0. The van der Waals surface area contributed by atoms with Crippen LogP contribution >= 0.6 is 12.2 Å². The van der Waals surface area contributed by atoms with E-state index in [2.05, 4.69) is 36.1 Å². The van der Waals surface area contributed by atoms with E-state index in [0.717, 1.165) is 6.54 Å². The first-order valence-electron chi connectivity index (χ1n) is 5.06. The molecule has 1 atom stereocenters. The molecule has 0 saturated heterocycles. The second-order valence-corrected chi connectivity index (χ2v) is 4.45. The molecule has 15 heavy (non-hydrogen) atoms. The SMILES string of the molecule is Cc1cccc(CN(C)C(C)C(N)=S)c1. The van der Waals surface area contributed by atoms with Crippen LogP contribution in [0.15, 0.2) is 24.3 Å². The number of hydrogen-bond donors (Lipinski definition) is 1. The quantitative estimate of drug-likeness (QED) is 0.791.